The Labute approximate surface area is 220 Å². The second-order valence-corrected chi connectivity index (χ2v) is 9.94. The van der Waals surface area contributed by atoms with Crippen LogP contribution in [0.5, 0.6) is 5.75 Å². The highest BCUT2D eigenvalue weighted by molar-refractivity contribution is 5.91. The van der Waals surface area contributed by atoms with Crippen LogP contribution in [0.15, 0.2) is 65.3 Å². The fourth-order valence-corrected chi connectivity index (χ4v) is 3.84. The number of unbranched alkanes of at least 4 members (excludes halogenated alkanes) is 1. The molecule has 2 unspecified atom stereocenters. The molecule has 194 valence electrons. The van der Waals surface area contributed by atoms with Crippen LogP contribution >= 0.6 is 0 Å². The predicted molar refractivity (Wildman–Crippen MR) is 157 cm³/mol. The van der Waals surface area contributed by atoms with Gasteiger partial charge in [0.05, 0.1) is 0 Å². The van der Waals surface area contributed by atoms with Crippen molar-refractivity contribution in [2.45, 2.75) is 79.6 Å². The molecule has 0 bridgehead atoms. The number of aliphatic imine (C=N–C) groups is 1. The maximum atomic E-state index is 6.43. The molecule has 0 radical (unpaired) electrons. The molecule has 1 aliphatic carbocycles. The molecule has 36 heavy (non-hydrogen) atoms. The average molecular weight is 487 g/mol. The van der Waals surface area contributed by atoms with Gasteiger partial charge >= 0.3 is 0 Å². The zero-order chi connectivity index (χ0) is 26.5. The Hall–Kier alpha value is -2.99. The van der Waals surface area contributed by atoms with Crippen molar-refractivity contribution in [2.75, 3.05) is 7.05 Å². The molecule has 3 heteroatoms. The summed E-state index contributed by atoms with van der Waals surface area (Å²) in [5.74, 6) is 9.27. The van der Waals surface area contributed by atoms with E-state index in [-0.39, 0.29) is 0 Å². The van der Waals surface area contributed by atoms with Crippen LogP contribution in [0.3, 0.4) is 0 Å². The zero-order valence-corrected chi connectivity index (χ0v) is 23.4. The van der Waals surface area contributed by atoms with Crippen molar-refractivity contribution in [2.24, 2.45) is 28.5 Å². The molecule has 2 N–H and O–H groups in total. The maximum absolute atomic E-state index is 6.43. The molecule has 0 aromatic heterocycles. The Morgan fingerprint density at radius 3 is 2.53 bits per heavy atom. The third kappa shape index (κ3) is 9.23. The third-order valence-corrected chi connectivity index (χ3v) is 6.84. The van der Waals surface area contributed by atoms with E-state index in [0.717, 1.165) is 67.5 Å². The van der Waals surface area contributed by atoms with Crippen LogP contribution < -0.4 is 10.5 Å². The van der Waals surface area contributed by atoms with E-state index < -0.39 is 0 Å². The molecule has 0 heterocycles. The van der Waals surface area contributed by atoms with E-state index in [1.165, 1.54) is 11.1 Å². The van der Waals surface area contributed by atoms with Gasteiger partial charge in [0.25, 0.3) is 0 Å². The number of allylic oxidation sites excluding steroid dienone is 6. The minimum absolute atomic E-state index is 0.351. The average Bonchev–Trinajstić information content (AvgIpc) is 3.74. The van der Waals surface area contributed by atoms with Gasteiger partial charge in [0.15, 0.2) is 0 Å². The quantitative estimate of drug-likeness (QED) is 0.139. The first-order valence-electron chi connectivity index (χ1n) is 13.6. The van der Waals surface area contributed by atoms with Gasteiger partial charge in [-0.2, -0.15) is 0 Å². The fourth-order valence-electron chi connectivity index (χ4n) is 3.84. The second kappa shape index (κ2) is 15.2. The standard InChI is InChI=1S/C33H46N2O/c1-8-12-13-14-27-16-20-30(32(22-27)36-33(35-7)23-31(34)28-17-18-28)29(25(6)10-3)19-15-26(11-4)21-24(5)9-2/h11,15-16,19-20,22-25,28H,4,8-10,12,17-18,21,34H2,1-3,5-7H3/b26-15+,29-19+,31-23?,35-33?. The van der Waals surface area contributed by atoms with E-state index >= 15 is 0 Å². The summed E-state index contributed by atoms with van der Waals surface area (Å²) in [4.78, 5) is 4.39. The first-order valence-corrected chi connectivity index (χ1v) is 13.6. The largest absolute Gasteiger partial charge is 0.439 e. The Balaban J connectivity index is 2.57. The molecule has 1 aliphatic rings. The monoisotopic (exact) mass is 486 g/mol. The minimum Gasteiger partial charge on any atom is -0.439 e. The lowest BCUT2D eigenvalue weighted by Crippen LogP contribution is -2.12. The van der Waals surface area contributed by atoms with E-state index in [4.69, 9.17) is 10.5 Å². The van der Waals surface area contributed by atoms with E-state index in [2.05, 4.69) is 82.3 Å². The number of nitrogens with zero attached hydrogens (tertiary/aromatic N) is 1. The van der Waals surface area contributed by atoms with Crippen molar-refractivity contribution in [3.05, 3.63) is 71.5 Å². The van der Waals surface area contributed by atoms with Crippen LogP contribution in [-0.4, -0.2) is 12.9 Å². The summed E-state index contributed by atoms with van der Waals surface area (Å²) in [6.07, 6.45) is 15.7. The third-order valence-electron chi connectivity index (χ3n) is 6.84. The van der Waals surface area contributed by atoms with E-state index in [1.54, 1.807) is 7.05 Å². The number of hydrogen-bond acceptors (Lipinski definition) is 3. The molecule has 2 rings (SSSR count). The summed E-state index contributed by atoms with van der Waals surface area (Å²) in [7, 11) is 1.75. The zero-order valence-electron chi connectivity index (χ0n) is 23.4. The molecule has 1 aromatic rings. The van der Waals surface area contributed by atoms with Crippen molar-refractivity contribution in [1.82, 2.24) is 0 Å². The maximum Gasteiger partial charge on any atom is 0.216 e. The van der Waals surface area contributed by atoms with Gasteiger partial charge < -0.3 is 10.5 Å². The molecule has 1 fully saturated rings. The summed E-state index contributed by atoms with van der Waals surface area (Å²) in [5.41, 5.74) is 11.6. The topological polar surface area (TPSA) is 47.6 Å². The molecular formula is C33H46N2O. The first kappa shape index (κ1) is 29.2. The highest BCUT2D eigenvalue weighted by atomic mass is 16.5. The van der Waals surface area contributed by atoms with Crippen LogP contribution in [0, 0.1) is 29.6 Å². The van der Waals surface area contributed by atoms with Gasteiger partial charge in [0.1, 0.15) is 5.75 Å². The number of hydrogen-bond donors (Lipinski definition) is 1. The van der Waals surface area contributed by atoms with Gasteiger partial charge in [-0.1, -0.05) is 77.7 Å². The minimum atomic E-state index is 0.351. The first-order chi connectivity index (χ1) is 17.4. The van der Waals surface area contributed by atoms with Gasteiger partial charge in [-0.15, -0.1) is 0 Å². The summed E-state index contributed by atoms with van der Waals surface area (Å²) >= 11 is 0. The van der Waals surface area contributed by atoms with Crippen LogP contribution in [0.2, 0.25) is 0 Å². The number of benzene rings is 1. The highest BCUT2D eigenvalue weighted by Gasteiger charge is 2.24. The van der Waals surface area contributed by atoms with Crippen LogP contribution in [0.1, 0.15) is 90.7 Å². The number of rotatable bonds is 12. The van der Waals surface area contributed by atoms with Gasteiger partial charge in [-0.3, -0.25) is 4.99 Å². The molecule has 2 atom stereocenters. The van der Waals surface area contributed by atoms with E-state index in [9.17, 15) is 0 Å². The van der Waals surface area contributed by atoms with Crippen molar-refractivity contribution in [1.29, 1.82) is 0 Å². The lowest BCUT2D eigenvalue weighted by molar-refractivity contribution is 0.549. The SMILES string of the molecule is C=C/C(=C\C=C(\c1ccc(C#CCCC)cc1OC(C=C(N)C1CC1)=NC)C(C)CC)CC(C)CC. The van der Waals surface area contributed by atoms with E-state index in [0.29, 0.717) is 23.7 Å². The second-order valence-electron chi connectivity index (χ2n) is 9.94. The van der Waals surface area contributed by atoms with Crippen molar-refractivity contribution in [3.63, 3.8) is 0 Å². The van der Waals surface area contributed by atoms with Gasteiger partial charge in [-0.25, -0.2) is 0 Å². The van der Waals surface area contributed by atoms with Gasteiger partial charge in [0, 0.05) is 36.4 Å². The van der Waals surface area contributed by atoms with Gasteiger partial charge in [0.2, 0.25) is 5.90 Å². The molecule has 1 saturated carbocycles. The fraction of sp³-hybridized carbons (Fsp3) is 0.485. The molecule has 0 amide bonds. The Morgan fingerprint density at radius 1 is 1.19 bits per heavy atom. The van der Waals surface area contributed by atoms with E-state index in [1.807, 2.05) is 18.2 Å². The lowest BCUT2D eigenvalue weighted by Gasteiger charge is -2.19. The molecule has 0 spiro atoms. The molecule has 1 aromatic carbocycles. The Kier molecular flexibility index (Phi) is 12.3. The van der Waals surface area contributed by atoms with Crippen LogP contribution in [0.25, 0.3) is 5.57 Å². The summed E-state index contributed by atoms with van der Waals surface area (Å²) in [6.45, 7) is 15.2. The molecule has 3 nitrogen and oxygen atoms in total. The Bertz CT molecular complexity index is 1060. The molecular weight excluding hydrogens is 440 g/mol. The lowest BCUT2D eigenvalue weighted by atomic mass is 9.89. The van der Waals surface area contributed by atoms with Gasteiger partial charge in [-0.05, 0) is 79.2 Å². The summed E-state index contributed by atoms with van der Waals surface area (Å²) in [5, 5.41) is 0. The van der Waals surface area contributed by atoms with Crippen LogP contribution in [-0.2, 0) is 0 Å². The number of ether oxygens (including phenoxy) is 1. The smallest absolute Gasteiger partial charge is 0.216 e. The molecule has 0 saturated heterocycles. The van der Waals surface area contributed by atoms with Crippen molar-refractivity contribution in [3.8, 4) is 17.6 Å². The molecule has 0 aliphatic heterocycles. The van der Waals surface area contributed by atoms with Crippen molar-refractivity contribution < 1.29 is 4.74 Å². The Morgan fingerprint density at radius 2 is 1.94 bits per heavy atom. The summed E-state index contributed by atoms with van der Waals surface area (Å²) in [6, 6.07) is 6.27. The van der Waals surface area contributed by atoms with Crippen molar-refractivity contribution >= 4 is 11.5 Å². The van der Waals surface area contributed by atoms with Crippen LogP contribution in [0.4, 0.5) is 0 Å². The summed E-state index contributed by atoms with van der Waals surface area (Å²) < 4.78 is 6.43. The predicted octanol–water partition coefficient (Wildman–Crippen LogP) is 8.48. The number of nitrogens with two attached hydrogens (primary N) is 1. The highest BCUT2D eigenvalue weighted by Crippen LogP contribution is 2.36. The normalized spacial score (nSPS) is 16.7.